The highest BCUT2D eigenvalue weighted by Crippen LogP contribution is 2.36. The highest BCUT2D eigenvalue weighted by molar-refractivity contribution is 7.99. The molecule has 0 spiro atoms. The molecule has 0 saturated carbocycles. The summed E-state index contributed by atoms with van der Waals surface area (Å²) in [5.41, 5.74) is 0.616. The SMILES string of the molecule is CCCCCSc1ccc(OC(=O)c2c3ccccc3cc3ccccc23)c2ccccc12. The van der Waals surface area contributed by atoms with Gasteiger partial charge in [0.15, 0.2) is 0 Å². The van der Waals surface area contributed by atoms with Gasteiger partial charge in [-0.15, -0.1) is 11.8 Å². The van der Waals surface area contributed by atoms with Gasteiger partial charge in [-0.3, -0.25) is 0 Å². The topological polar surface area (TPSA) is 26.3 Å². The normalized spacial score (nSPS) is 11.3. The van der Waals surface area contributed by atoms with Gasteiger partial charge >= 0.3 is 5.97 Å². The summed E-state index contributed by atoms with van der Waals surface area (Å²) in [5, 5.41) is 5.99. The summed E-state index contributed by atoms with van der Waals surface area (Å²) in [6.07, 6.45) is 3.68. The van der Waals surface area contributed by atoms with Gasteiger partial charge in [-0.25, -0.2) is 4.79 Å². The zero-order valence-electron chi connectivity index (χ0n) is 18.7. The Morgan fingerprint density at radius 1 is 0.727 bits per heavy atom. The summed E-state index contributed by atoms with van der Waals surface area (Å²) in [5.74, 6) is 1.38. The van der Waals surface area contributed by atoms with E-state index >= 15 is 0 Å². The van der Waals surface area contributed by atoms with E-state index in [1.54, 1.807) is 0 Å². The van der Waals surface area contributed by atoms with Crippen LogP contribution in [0.3, 0.4) is 0 Å². The fraction of sp³-hybridized carbons (Fsp3) is 0.167. The number of carbonyl (C=O) groups is 1. The number of benzene rings is 5. The zero-order chi connectivity index (χ0) is 22.6. The molecule has 5 aromatic rings. The lowest BCUT2D eigenvalue weighted by Gasteiger charge is -2.14. The van der Waals surface area contributed by atoms with E-state index in [1.165, 1.54) is 24.2 Å². The third-order valence-corrected chi connectivity index (χ3v) is 7.19. The van der Waals surface area contributed by atoms with Crippen molar-refractivity contribution in [2.75, 3.05) is 5.75 Å². The first kappa shape index (κ1) is 21.5. The van der Waals surface area contributed by atoms with Crippen LogP contribution in [-0.4, -0.2) is 11.7 Å². The van der Waals surface area contributed by atoms with Crippen molar-refractivity contribution in [2.45, 2.75) is 31.1 Å². The zero-order valence-corrected chi connectivity index (χ0v) is 19.5. The standard InChI is InChI=1S/C30H26O2S/c1-2-3-10-19-33-28-18-17-27(25-15-8-9-16-26(25)28)32-30(31)29-23-13-6-4-11-21(23)20-22-12-5-7-14-24(22)29/h4-9,11-18,20H,2-3,10,19H2,1H3. The predicted molar refractivity (Wildman–Crippen MR) is 141 cm³/mol. The maximum atomic E-state index is 13.6. The molecule has 164 valence electrons. The van der Waals surface area contributed by atoms with Gasteiger partial charge < -0.3 is 4.74 Å². The Bertz CT molecular complexity index is 1400. The fourth-order valence-corrected chi connectivity index (χ4v) is 5.44. The molecule has 0 radical (unpaired) electrons. The minimum absolute atomic E-state index is 0.323. The highest BCUT2D eigenvalue weighted by atomic mass is 32.2. The number of hydrogen-bond acceptors (Lipinski definition) is 3. The highest BCUT2D eigenvalue weighted by Gasteiger charge is 2.18. The van der Waals surface area contributed by atoms with Crippen molar-refractivity contribution in [1.82, 2.24) is 0 Å². The molecule has 0 atom stereocenters. The van der Waals surface area contributed by atoms with Gasteiger partial charge in [0.1, 0.15) is 5.75 Å². The van der Waals surface area contributed by atoms with Gasteiger partial charge in [-0.05, 0) is 57.3 Å². The molecular weight excluding hydrogens is 424 g/mol. The van der Waals surface area contributed by atoms with E-state index in [0.29, 0.717) is 11.3 Å². The number of rotatable bonds is 7. The van der Waals surface area contributed by atoms with E-state index in [-0.39, 0.29) is 5.97 Å². The van der Waals surface area contributed by atoms with Crippen molar-refractivity contribution >= 4 is 50.0 Å². The molecule has 3 heteroatoms. The summed E-state index contributed by atoms with van der Waals surface area (Å²) < 4.78 is 6.08. The summed E-state index contributed by atoms with van der Waals surface area (Å²) >= 11 is 1.88. The molecule has 0 aromatic heterocycles. The maximum Gasteiger partial charge on any atom is 0.344 e. The minimum Gasteiger partial charge on any atom is -0.422 e. The van der Waals surface area contributed by atoms with Crippen LogP contribution in [0.5, 0.6) is 5.75 Å². The van der Waals surface area contributed by atoms with Crippen molar-refractivity contribution < 1.29 is 9.53 Å². The van der Waals surface area contributed by atoms with Crippen LogP contribution in [0.25, 0.3) is 32.3 Å². The molecule has 0 fully saturated rings. The number of unbranched alkanes of at least 4 members (excludes halogenated alkanes) is 2. The van der Waals surface area contributed by atoms with Crippen molar-refractivity contribution in [2.24, 2.45) is 0 Å². The van der Waals surface area contributed by atoms with Crippen LogP contribution in [0.4, 0.5) is 0 Å². The fourth-order valence-electron chi connectivity index (χ4n) is 4.38. The number of esters is 1. The Kier molecular flexibility index (Phi) is 6.32. The number of thioether (sulfide) groups is 1. The van der Waals surface area contributed by atoms with E-state index in [4.69, 9.17) is 4.74 Å². The molecule has 33 heavy (non-hydrogen) atoms. The molecule has 5 rings (SSSR count). The lowest BCUT2D eigenvalue weighted by molar-refractivity contribution is 0.0741. The largest absolute Gasteiger partial charge is 0.422 e. The number of fused-ring (bicyclic) bond motifs is 3. The van der Waals surface area contributed by atoms with Crippen LogP contribution < -0.4 is 4.74 Å². The van der Waals surface area contributed by atoms with Crippen molar-refractivity contribution in [1.29, 1.82) is 0 Å². The van der Waals surface area contributed by atoms with E-state index < -0.39 is 0 Å². The number of ether oxygens (including phenoxy) is 1. The summed E-state index contributed by atoms with van der Waals surface area (Å²) in [4.78, 5) is 14.8. The Balaban J connectivity index is 1.54. The van der Waals surface area contributed by atoms with Crippen molar-refractivity contribution in [3.8, 4) is 5.75 Å². The summed E-state index contributed by atoms with van der Waals surface area (Å²) in [7, 11) is 0. The molecule has 0 unspecified atom stereocenters. The lowest BCUT2D eigenvalue weighted by atomic mass is 9.97. The monoisotopic (exact) mass is 450 g/mol. The Labute approximate surface area is 198 Å². The summed E-state index contributed by atoms with van der Waals surface area (Å²) in [6.45, 7) is 2.22. The lowest BCUT2D eigenvalue weighted by Crippen LogP contribution is -2.10. The Hall–Kier alpha value is -3.30. The second-order valence-corrected chi connectivity index (χ2v) is 9.38. The first-order chi connectivity index (χ1) is 16.3. The van der Waals surface area contributed by atoms with Crippen molar-refractivity contribution in [3.63, 3.8) is 0 Å². The molecule has 0 amide bonds. The molecule has 0 heterocycles. The third kappa shape index (κ3) is 4.34. The van der Waals surface area contributed by atoms with Crippen molar-refractivity contribution in [3.05, 3.63) is 96.6 Å². The van der Waals surface area contributed by atoms with E-state index in [1.807, 2.05) is 84.6 Å². The maximum absolute atomic E-state index is 13.6. The van der Waals surface area contributed by atoms with Gasteiger partial charge in [0.25, 0.3) is 0 Å². The van der Waals surface area contributed by atoms with Gasteiger partial charge in [-0.2, -0.15) is 0 Å². The molecule has 0 N–H and O–H groups in total. The average molecular weight is 451 g/mol. The van der Waals surface area contributed by atoms with Crippen LogP contribution in [0.2, 0.25) is 0 Å². The minimum atomic E-state index is -0.323. The van der Waals surface area contributed by atoms with E-state index in [0.717, 1.165) is 38.1 Å². The number of hydrogen-bond donors (Lipinski definition) is 0. The first-order valence-corrected chi connectivity index (χ1v) is 12.5. The molecular formula is C30H26O2S. The summed E-state index contributed by atoms with van der Waals surface area (Å²) in [6, 6.07) is 30.3. The second kappa shape index (κ2) is 9.68. The molecule has 0 aliphatic rings. The van der Waals surface area contributed by atoms with Gasteiger partial charge in [0.05, 0.1) is 5.56 Å². The number of carbonyl (C=O) groups excluding carboxylic acids is 1. The molecule has 0 bridgehead atoms. The Morgan fingerprint density at radius 2 is 1.33 bits per heavy atom. The van der Waals surface area contributed by atoms with Crippen LogP contribution >= 0.6 is 11.8 Å². The van der Waals surface area contributed by atoms with E-state index in [2.05, 4.69) is 25.1 Å². The van der Waals surface area contributed by atoms with Gasteiger partial charge in [0, 0.05) is 10.3 Å². The molecule has 2 nitrogen and oxygen atoms in total. The average Bonchev–Trinajstić information content (AvgIpc) is 2.86. The smallest absolute Gasteiger partial charge is 0.344 e. The van der Waals surface area contributed by atoms with Crippen LogP contribution in [0.1, 0.15) is 36.5 Å². The molecule has 5 aromatic carbocycles. The van der Waals surface area contributed by atoms with E-state index in [9.17, 15) is 4.79 Å². The van der Waals surface area contributed by atoms with Crippen LogP contribution in [0.15, 0.2) is 95.9 Å². The molecule has 0 saturated heterocycles. The van der Waals surface area contributed by atoms with Crippen LogP contribution in [-0.2, 0) is 0 Å². The first-order valence-electron chi connectivity index (χ1n) is 11.5. The predicted octanol–water partition coefficient (Wildman–Crippen LogP) is 8.65. The van der Waals surface area contributed by atoms with Gasteiger partial charge in [0.2, 0.25) is 0 Å². The quantitative estimate of drug-likeness (QED) is 0.0816. The third-order valence-electron chi connectivity index (χ3n) is 6.03. The van der Waals surface area contributed by atoms with Gasteiger partial charge in [-0.1, -0.05) is 92.6 Å². The molecule has 0 aliphatic heterocycles. The second-order valence-electron chi connectivity index (χ2n) is 8.25. The van der Waals surface area contributed by atoms with Crippen LogP contribution in [0, 0.1) is 0 Å². The molecule has 0 aliphatic carbocycles. The Morgan fingerprint density at radius 3 is 2.00 bits per heavy atom.